The topological polar surface area (TPSA) is 24.7 Å². The minimum atomic E-state index is -0.0973. The van der Waals surface area contributed by atoms with Gasteiger partial charge in [-0.1, -0.05) is 30.3 Å². The molecule has 0 amide bonds. The molecule has 0 unspecified atom stereocenters. The van der Waals surface area contributed by atoms with E-state index in [1.807, 2.05) is 45.9 Å². The Morgan fingerprint density at radius 3 is 2.27 bits per heavy atom. The fraction of sp³-hybridized carbons (Fsp3) is 0.462. The molecule has 0 fully saturated rings. The van der Waals surface area contributed by atoms with E-state index in [1.54, 1.807) is 0 Å². The van der Waals surface area contributed by atoms with E-state index in [1.165, 1.54) is 5.56 Å². The third-order valence-corrected chi connectivity index (χ3v) is 1.92. The largest absolute Gasteiger partial charge is 0.220 e. The molecule has 0 bridgehead atoms. The van der Waals surface area contributed by atoms with E-state index in [-0.39, 0.29) is 11.6 Å². The van der Waals surface area contributed by atoms with E-state index in [9.17, 15) is 0 Å². The average molecular weight is 202 g/mol. The third kappa shape index (κ3) is 4.57. The average Bonchev–Trinajstić information content (AvgIpc) is 2.17. The van der Waals surface area contributed by atoms with Crippen molar-refractivity contribution in [3.63, 3.8) is 0 Å². The summed E-state index contributed by atoms with van der Waals surface area (Å²) in [7, 11) is 0. The Hall–Kier alpha value is -1.40. The normalized spacial score (nSPS) is 12.8. The second-order valence-electron chi connectivity index (χ2n) is 4.60. The van der Waals surface area contributed by atoms with Crippen molar-refractivity contribution in [3.8, 4) is 0 Å². The molecule has 0 saturated carbocycles. The molecule has 0 heterocycles. The van der Waals surface area contributed by atoms with Crippen LogP contribution < -0.4 is 0 Å². The molecule has 2 heteroatoms. The predicted octanol–water partition coefficient (Wildman–Crippen LogP) is 3.72. The summed E-state index contributed by atoms with van der Waals surface area (Å²) in [5, 5.41) is 0. The fourth-order valence-corrected chi connectivity index (χ4v) is 1.07. The van der Waals surface area contributed by atoms with Gasteiger partial charge in [0.05, 0.1) is 17.6 Å². The molecule has 0 spiro atoms. The summed E-state index contributed by atoms with van der Waals surface area (Å²) in [6.07, 6.45) is 0. The lowest BCUT2D eigenvalue weighted by Crippen LogP contribution is -2.08. The summed E-state index contributed by atoms with van der Waals surface area (Å²) >= 11 is 0. The Morgan fingerprint density at radius 1 is 1.13 bits per heavy atom. The van der Waals surface area contributed by atoms with Gasteiger partial charge in [-0.15, -0.1) is 0 Å². The highest BCUT2D eigenvalue weighted by Crippen LogP contribution is 2.14. The molecule has 1 atom stereocenters. The van der Waals surface area contributed by atoms with Crippen molar-refractivity contribution in [1.29, 1.82) is 0 Å². The molecule has 15 heavy (non-hydrogen) atoms. The molecule has 0 aliphatic rings. The van der Waals surface area contributed by atoms with Gasteiger partial charge in [-0.25, -0.2) is 9.98 Å². The first-order chi connectivity index (χ1) is 6.99. The first kappa shape index (κ1) is 11.7. The Morgan fingerprint density at radius 2 is 1.73 bits per heavy atom. The second-order valence-corrected chi connectivity index (χ2v) is 4.60. The molecule has 0 aliphatic carbocycles. The Kier molecular flexibility index (Phi) is 3.81. The van der Waals surface area contributed by atoms with Crippen LogP contribution in [0.5, 0.6) is 0 Å². The molecule has 1 aromatic rings. The highest BCUT2D eigenvalue weighted by molar-refractivity contribution is 5.43. The molecule has 80 valence electrons. The van der Waals surface area contributed by atoms with Crippen molar-refractivity contribution in [2.24, 2.45) is 9.98 Å². The van der Waals surface area contributed by atoms with Crippen LogP contribution in [0.15, 0.2) is 40.3 Å². The zero-order chi connectivity index (χ0) is 11.3. The van der Waals surface area contributed by atoms with Gasteiger partial charge in [-0.3, -0.25) is 0 Å². The SMILES string of the molecule is C[C@@H](N=C=NC(C)(C)C)c1ccccc1. The lowest BCUT2D eigenvalue weighted by Gasteiger charge is -2.08. The number of benzene rings is 1. The second kappa shape index (κ2) is 4.90. The van der Waals surface area contributed by atoms with Gasteiger partial charge in [0.2, 0.25) is 0 Å². The molecule has 0 aliphatic heterocycles. The number of hydrogen-bond acceptors (Lipinski definition) is 2. The third-order valence-electron chi connectivity index (χ3n) is 1.92. The van der Waals surface area contributed by atoms with Crippen LogP contribution in [0.1, 0.15) is 39.3 Å². The number of hydrogen-bond donors (Lipinski definition) is 0. The van der Waals surface area contributed by atoms with Gasteiger partial charge in [0.25, 0.3) is 0 Å². The summed E-state index contributed by atoms with van der Waals surface area (Å²) in [4.78, 5) is 8.47. The minimum absolute atomic E-state index is 0.0973. The molecule has 0 aromatic heterocycles. The number of nitrogens with zero attached hydrogens (tertiary/aromatic N) is 2. The maximum Gasteiger partial charge on any atom is 0.0904 e. The van der Waals surface area contributed by atoms with Gasteiger partial charge >= 0.3 is 0 Å². The number of aliphatic imine (C=N–C) groups is 2. The van der Waals surface area contributed by atoms with E-state index in [4.69, 9.17) is 0 Å². The zero-order valence-corrected chi connectivity index (χ0v) is 9.86. The standard InChI is InChI=1S/C13H18N2/c1-11(12-8-6-5-7-9-12)14-10-15-13(2,3)4/h5-9,11H,1-4H3/t11-/m1/s1. The van der Waals surface area contributed by atoms with Crippen LogP contribution in [0.25, 0.3) is 0 Å². The lowest BCUT2D eigenvalue weighted by atomic mass is 10.1. The van der Waals surface area contributed by atoms with Crippen LogP contribution in [0.4, 0.5) is 0 Å². The van der Waals surface area contributed by atoms with Gasteiger partial charge in [0.15, 0.2) is 0 Å². The van der Waals surface area contributed by atoms with Crippen molar-refractivity contribution < 1.29 is 0 Å². The van der Waals surface area contributed by atoms with Crippen molar-refractivity contribution in [2.75, 3.05) is 0 Å². The maximum absolute atomic E-state index is 4.26. The van der Waals surface area contributed by atoms with Crippen LogP contribution in [0.2, 0.25) is 0 Å². The molecule has 0 saturated heterocycles. The lowest BCUT2D eigenvalue weighted by molar-refractivity contribution is 0.586. The Labute approximate surface area is 91.8 Å². The molecule has 1 aromatic carbocycles. The first-order valence-electron chi connectivity index (χ1n) is 5.21. The van der Waals surface area contributed by atoms with Crippen molar-refractivity contribution >= 4 is 6.01 Å². The van der Waals surface area contributed by atoms with Crippen LogP contribution in [-0.2, 0) is 0 Å². The highest BCUT2D eigenvalue weighted by Gasteiger charge is 2.05. The van der Waals surface area contributed by atoms with Gasteiger partial charge in [0.1, 0.15) is 0 Å². The summed E-state index contributed by atoms with van der Waals surface area (Å²) in [6, 6.07) is 13.1. The highest BCUT2D eigenvalue weighted by atomic mass is 14.9. The van der Waals surface area contributed by atoms with E-state index < -0.39 is 0 Å². The first-order valence-corrected chi connectivity index (χ1v) is 5.21. The van der Waals surface area contributed by atoms with E-state index in [0.717, 1.165) is 0 Å². The van der Waals surface area contributed by atoms with Crippen LogP contribution in [0, 0.1) is 0 Å². The summed E-state index contributed by atoms with van der Waals surface area (Å²) < 4.78 is 0. The van der Waals surface area contributed by atoms with E-state index in [0.29, 0.717) is 0 Å². The monoisotopic (exact) mass is 202 g/mol. The molecule has 2 nitrogen and oxygen atoms in total. The maximum atomic E-state index is 4.26. The zero-order valence-electron chi connectivity index (χ0n) is 9.86. The molecular weight excluding hydrogens is 184 g/mol. The van der Waals surface area contributed by atoms with Gasteiger partial charge in [0, 0.05) is 0 Å². The predicted molar refractivity (Wildman–Crippen MR) is 64.5 cm³/mol. The quantitative estimate of drug-likeness (QED) is 0.653. The fourth-order valence-electron chi connectivity index (χ4n) is 1.07. The van der Waals surface area contributed by atoms with E-state index in [2.05, 4.69) is 28.1 Å². The molecule has 1 rings (SSSR count). The van der Waals surface area contributed by atoms with E-state index >= 15 is 0 Å². The smallest absolute Gasteiger partial charge is 0.0904 e. The Bertz CT molecular complexity index is 354. The summed E-state index contributed by atoms with van der Waals surface area (Å²) in [5.41, 5.74) is 1.09. The molecular formula is C13H18N2. The minimum Gasteiger partial charge on any atom is -0.220 e. The van der Waals surface area contributed by atoms with Crippen molar-refractivity contribution in [1.82, 2.24) is 0 Å². The van der Waals surface area contributed by atoms with Gasteiger partial charge in [-0.2, -0.15) is 0 Å². The Balaban J connectivity index is 2.72. The molecule has 0 N–H and O–H groups in total. The number of rotatable bonds is 2. The van der Waals surface area contributed by atoms with Crippen LogP contribution in [0.3, 0.4) is 0 Å². The molecule has 0 radical (unpaired) electrons. The van der Waals surface area contributed by atoms with Crippen molar-refractivity contribution in [2.45, 2.75) is 39.3 Å². The van der Waals surface area contributed by atoms with Gasteiger partial charge < -0.3 is 0 Å². The van der Waals surface area contributed by atoms with Crippen LogP contribution in [-0.4, -0.2) is 11.5 Å². The van der Waals surface area contributed by atoms with Crippen LogP contribution >= 0.6 is 0 Å². The summed E-state index contributed by atoms with van der Waals surface area (Å²) in [5.74, 6) is 0. The van der Waals surface area contributed by atoms with Gasteiger partial charge in [-0.05, 0) is 33.3 Å². The van der Waals surface area contributed by atoms with Crippen molar-refractivity contribution in [3.05, 3.63) is 35.9 Å². The summed E-state index contributed by atoms with van der Waals surface area (Å²) in [6.45, 7) is 8.13.